The summed E-state index contributed by atoms with van der Waals surface area (Å²) in [5.74, 6) is 2.36. The maximum absolute atomic E-state index is 12.1. The van der Waals surface area contributed by atoms with Gasteiger partial charge in [0.2, 0.25) is 0 Å². The van der Waals surface area contributed by atoms with Crippen LogP contribution in [0.3, 0.4) is 0 Å². The summed E-state index contributed by atoms with van der Waals surface area (Å²) in [6.45, 7) is 0.219. The molecule has 0 saturated heterocycles. The summed E-state index contributed by atoms with van der Waals surface area (Å²) >= 11 is 5.75. The van der Waals surface area contributed by atoms with Crippen molar-refractivity contribution in [2.45, 2.75) is 11.5 Å². The van der Waals surface area contributed by atoms with Gasteiger partial charge in [0.25, 0.3) is 10.0 Å². The summed E-state index contributed by atoms with van der Waals surface area (Å²) in [6.07, 6.45) is 1.27. The van der Waals surface area contributed by atoms with Crippen LogP contribution in [0.5, 0.6) is 11.5 Å². The summed E-state index contributed by atoms with van der Waals surface area (Å²) in [7, 11) is -2.18. The van der Waals surface area contributed by atoms with E-state index in [2.05, 4.69) is 9.93 Å². The van der Waals surface area contributed by atoms with Gasteiger partial charge in [-0.25, -0.2) is 0 Å². The lowest BCUT2D eigenvalue weighted by Crippen LogP contribution is -2.18. The van der Waals surface area contributed by atoms with E-state index in [1.165, 1.54) is 30.5 Å². The van der Waals surface area contributed by atoms with E-state index in [0.29, 0.717) is 22.3 Å². The van der Waals surface area contributed by atoms with Crippen LogP contribution in [-0.4, -0.2) is 21.7 Å². The third kappa shape index (κ3) is 5.28. The monoisotopic (exact) mass is 420 g/mol. The van der Waals surface area contributed by atoms with Gasteiger partial charge in [0, 0.05) is 5.02 Å². The zero-order valence-corrected chi connectivity index (χ0v) is 16.4. The van der Waals surface area contributed by atoms with Crippen LogP contribution in [0.25, 0.3) is 0 Å². The maximum Gasteiger partial charge on any atom is 0.276 e. The number of nitrogens with one attached hydrogen (secondary N) is 1. The minimum Gasteiger partial charge on any atom is -0.497 e. The Labute approximate surface area is 167 Å². The first kappa shape index (κ1) is 19.8. The molecule has 28 heavy (non-hydrogen) atoms. The van der Waals surface area contributed by atoms with Crippen molar-refractivity contribution in [3.63, 3.8) is 0 Å². The van der Waals surface area contributed by atoms with E-state index in [-0.39, 0.29) is 11.5 Å². The minimum absolute atomic E-state index is 0.0575. The molecule has 1 N–H and O–H groups in total. The Kier molecular flexibility index (Phi) is 6.23. The van der Waals surface area contributed by atoms with Gasteiger partial charge in [0.15, 0.2) is 0 Å². The Bertz CT molecular complexity index is 1040. The second-order valence-corrected chi connectivity index (χ2v) is 7.67. The highest BCUT2D eigenvalue weighted by Gasteiger charge is 2.12. The molecular formula is C19H17ClN2O5S. The van der Waals surface area contributed by atoms with Gasteiger partial charge < -0.3 is 13.9 Å². The van der Waals surface area contributed by atoms with E-state index in [4.69, 9.17) is 25.5 Å². The third-order valence-electron chi connectivity index (χ3n) is 3.61. The predicted molar refractivity (Wildman–Crippen MR) is 105 cm³/mol. The second kappa shape index (κ2) is 8.81. The molecule has 3 rings (SSSR count). The molecule has 146 valence electrons. The first-order chi connectivity index (χ1) is 13.5. The number of hydrogen-bond acceptors (Lipinski definition) is 6. The lowest BCUT2D eigenvalue weighted by molar-refractivity contribution is 0.269. The Hall–Kier alpha value is -2.97. The number of hydrogen-bond donors (Lipinski definition) is 1. The van der Waals surface area contributed by atoms with Gasteiger partial charge in [-0.15, -0.1) is 0 Å². The Morgan fingerprint density at radius 3 is 2.39 bits per heavy atom. The number of ether oxygens (including phenoxy) is 2. The van der Waals surface area contributed by atoms with Crippen LogP contribution < -0.4 is 14.3 Å². The van der Waals surface area contributed by atoms with E-state index in [1.807, 2.05) is 0 Å². The highest BCUT2D eigenvalue weighted by molar-refractivity contribution is 7.89. The van der Waals surface area contributed by atoms with E-state index in [1.54, 1.807) is 43.5 Å². The number of nitrogens with zero attached hydrogens (tertiary/aromatic N) is 1. The minimum atomic E-state index is -3.78. The standard InChI is InChI=1S/C19H17ClN2O5S/c1-25-15-4-6-16(7-5-15)26-13-18-9-8-17(27-18)12-21-22-28(23,24)19-10-2-14(20)3-11-19/h2-12,22H,13H2,1H3/b21-12-. The number of sulfonamides is 1. The Balaban J connectivity index is 1.55. The van der Waals surface area contributed by atoms with E-state index in [9.17, 15) is 8.42 Å². The maximum atomic E-state index is 12.1. The number of rotatable bonds is 8. The van der Waals surface area contributed by atoms with Crippen molar-refractivity contribution in [1.82, 2.24) is 4.83 Å². The topological polar surface area (TPSA) is 90.1 Å². The zero-order chi connectivity index (χ0) is 20.0. The average molecular weight is 421 g/mol. The molecule has 0 bridgehead atoms. The van der Waals surface area contributed by atoms with Gasteiger partial charge in [0.1, 0.15) is 29.6 Å². The molecule has 1 aromatic heterocycles. The molecule has 2 aromatic carbocycles. The zero-order valence-electron chi connectivity index (χ0n) is 14.8. The number of methoxy groups -OCH3 is 1. The van der Waals surface area contributed by atoms with Crippen LogP contribution in [0.1, 0.15) is 11.5 Å². The van der Waals surface area contributed by atoms with Gasteiger partial charge in [-0.1, -0.05) is 11.6 Å². The molecule has 9 heteroatoms. The summed E-state index contributed by atoms with van der Waals surface area (Å²) in [5.41, 5.74) is 0. The molecule has 0 radical (unpaired) electrons. The van der Waals surface area contributed by atoms with E-state index < -0.39 is 10.0 Å². The van der Waals surface area contributed by atoms with Crippen molar-refractivity contribution in [2.75, 3.05) is 7.11 Å². The van der Waals surface area contributed by atoms with Crippen LogP contribution >= 0.6 is 11.6 Å². The molecule has 0 aliphatic carbocycles. The average Bonchev–Trinajstić information content (AvgIpc) is 3.15. The summed E-state index contributed by atoms with van der Waals surface area (Å²) in [6, 6.07) is 16.3. The molecule has 0 fully saturated rings. The Morgan fingerprint density at radius 2 is 1.71 bits per heavy atom. The molecule has 0 aliphatic rings. The van der Waals surface area contributed by atoms with Crippen molar-refractivity contribution in [2.24, 2.45) is 5.10 Å². The highest BCUT2D eigenvalue weighted by atomic mass is 35.5. The number of halogens is 1. The third-order valence-corrected chi connectivity index (χ3v) is 5.10. The number of benzene rings is 2. The van der Waals surface area contributed by atoms with E-state index >= 15 is 0 Å². The number of furan rings is 1. The molecule has 0 saturated carbocycles. The normalized spacial score (nSPS) is 11.5. The molecule has 0 unspecified atom stereocenters. The fourth-order valence-corrected chi connectivity index (χ4v) is 3.11. The first-order valence-electron chi connectivity index (χ1n) is 8.12. The van der Waals surface area contributed by atoms with Crippen molar-refractivity contribution < 1.29 is 22.3 Å². The molecule has 7 nitrogen and oxygen atoms in total. The van der Waals surface area contributed by atoms with Crippen LogP contribution in [-0.2, 0) is 16.6 Å². The predicted octanol–water partition coefficient (Wildman–Crippen LogP) is 3.83. The first-order valence-corrected chi connectivity index (χ1v) is 9.98. The fourth-order valence-electron chi connectivity index (χ4n) is 2.19. The highest BCUT2D eigenvalue weighted by Crippen LogP contribution is 2.19. The molecule has 0 aliphatic heterocycles. The second-order valence-electron chi connectivity index (χ2n) is 5.58. The van der Waals surface area contributed by atoms with Crippen molar-refractivity contribution >= 4 is 27.8 Å². The lowest BCUT2D eigenvalue weighted by atomic mass is 10.3. The van der Waals surface area contributed by atoms with Gasteiger partial charge in [-0.05, 0) is 60.7 Å². The molecule has 0 amide bonds. The van der Waals surface area contributed by atoms with Crippen LogP contribution in [0.15, 0.2) is 75.1 Å². The van der Waals surface area contributed by atoms with Crippen LogP contribution in [0.4, 0.5) is 0 Å². The van der Waals surface area contributed by atoms with Crippen molar-refractivity contribution in [3.8, 4) is 11.5 Å². The Morgan fingerprint density at radius 1 is 1.04 bits per heavy atom. The quantitative estimate of drug-likeness (QED) is 0.441. The molecule has 0 spiro atoms. The largest absolute Gasteiger partial charge is 0.497 e. The SMILES string of the molecule is COc1ccc(OCc2ccc(/C=N\NS(=O)(=O)c3ccc(Cl)cc3)o2)cc1. The van der Waals surface area contributed by atoms with Gasteiger partial charge in [-0.2, -0.15) is 18.4 Å². The van der Waals surface area contributed by atoms with Gasteiger partial charge in [0.05, 0.1) is 18.2 Å². The van der Waals surface area contributed by atoms with Crippen LogP contribution in [0, 0.1) is 0 Å². The molecular weight excluding hydrogens is 404 g/mol. The van der Waals surface area contributed by atoms with Crippen molar-refractivity contribution in [1.29, 1.82) is 0 Å². The van der Waals surface area contributed by atoms with Crippen LogP contribution in [0.2, 0.25) is 5.02 Å². The van der Waals surface area contributed by atoms with Crippen molar-refractivity contribution in [3.05, 3.63) is 77.2 Å². The molecule has 0 atom stereocenters. The fraction of sp³-hybridized carbons (Fsp3) is 0.105. The molecule has 3 aromatic rings. The lowest BCUT2D eigenvalue weighted by Gasteiger charge is -2.05. The summed E-state index contributed by atoms with van der Waals surface area (Å²) in [4.78, 5) is 2.17. The summed E-state index contributed by atoms with van der Waals surface area (Å²) < 4.78 is 40.5. The smallest absolute Gasteiger partial charge is 0.276 e. The van der Waals surface area contributed by atoms with Gasteiger partial charge in [-0.3, -0.25) is 0 Å². The van der Waals surface area contributed by atoms with Gasteiger partial charge >= 0.3 is 0 Å². The summed E-state index contributed by atoms with van der Waals surface area (Å²) in [5, 5.41) is 4.17. The number of hydrazone groups is 1. The molecule has 1 heterocycles. The van der Waals surface area contributed by atoms with E-state index in [0.717, 1.165) is 5.75 Å².